The topological polar surface area (TPSA) is 69.9 Å². The number of halogens is 9. The molecule has 0 aliphatic carbocycles. The Kier molecular flexibility index (Phi) is 23.0. The molecular formula is C12H24F9NO3. The molecule has 0 aliphatic rings. The number of carbonyl (C=O) groups is 1. The second kappa shape index (κ2) is 14.8. The molecule has 0 rings (SSSR count). The summed E-state index contributed by atoms with van der Waals surface area (Å²) in [5.41, 5.74) is -1.24. The van der Waals surface area contributed by atoms with E-state index in [0.717, 1.165) is 0 Å². The van der Waals surface area contributed by atoms with E-state index in [2.05, 4.69) is 0 Å². The molecule has 0 heterocycles. The fourth-order valence-corrected chi connectivity index (χ4v) is 0.0567. The van der Waals surface area contributed by atoms with Gasteiger partial charge >= 0.3 is 18.5 Å². The van der Waals surface area contributed by atoms with Crippen LogP contribution < -0.4 is 0 Å². The minimum atomic E-state index is -4.64. The third kappa shape index (κ3) is 27.6. The van der Waals surface area contributed by atoms with Crippen LogP contribution in [-0.2, 0) is 4.79 Å². The van der Waals surface area contributed by atoms with Crippen LogP contribution in [0.1, 0.15) is 43.1 Å². The Hall–Kier alpha value is -1.53. The van der Waals surface area contributed by atoms with Crippen LogP contribution in [0.3, 0.4) is 0 Å². The van der Waals surface area contributed by atoms with Gasteiger partial charge in [0.2, 0.25) is 5.78 Å². The number of alkyl halides is 9. The summed E-state index contributed by atoms with van der Waals surface area (Å²) in [6, 6.07) is 0. The fraction of sp³-hybridized carbons (Fsp3) is 0.833. The lowest BCUT2D eigenvalue weighted by Gasteiger charge is -2.06. The molecule has 4 nitrogen and oxygen atoms in total. The molecule has 13 heteroatoms. The van der Waals surface area contributed by atoms with E-state index in [9.17, 15) is 44.3 Å². The molecule has 0 fully saturated rings. The molecule has 1 unspecified atom stereocenters. The van der Waals surface area contributed by atoms with Gasteiger partial charge in [0.25, 0.3) is 0 Å². The van der Waals surface area contributed by atoms with Crippen LogP contribution in [0.2, 0.25) is 0 Å². The Balaban J connectivity index is -0.0000000512. The van der Waals surface area contributed by atoms with Crippen LogP contribution in [0.4, 0.5) is 39.5 Å². The molecule has 0 amide bonds. The van der Waals surface area contributed by atoms with E-state index in [1.807, 2.05) is 5.16 Å². The lowest BCUT2D eigenvalue weighted by atomic mass is 10.4. The highest BCUT2D eigenvalue weighted by Gasteiger charge is 2.34. The summed E-state index contributed by atoms with van der Waals surface area (Å²) in [7, 11) is 0. The third-order valence-electron chi connectivity index (χ3n) is 1.43. The van der Waals surface area contributed by atoms with Crippen LogP contribution >= 0.6 is 0 Å². The molecule has 0 aromatic heterocycles. The van der Waals surface area contributed by atoms with Gasteiger partial charge < -0.3 is 10.3 Å². The first-order valence-corrected chi connectivity index (χ1v) is 4.95. The summed E-state index contributed by atoms with van der Waals surface area (Å²) in [5, 5.41) is 17.3. The summed E-state index contributed by atoms with van der Waals surface area (Å²) in [5.74, 6) is -1.76. The van der Waals surface area contributed by atoms with Crippen molar-refractivity contribution in [1.82, 2.24) is 0 Å². The number of ketones is 1. The van der Waals surface area contributed by atoms with Crippen molar-refractivity contribution in [3.8, 4) is 0 Å². The second-order valence-corrected chi connectivity index (χ2v) is 3.45. The van der Waals surface area contributed by atoms with Crippen LogP contribution in [0.25, 0.3) is 0 Å². The van der Waals surface area contributed by atoms with Crippen molar-refractivity contribution in [2.45, 2.75) is 67.7 Å². The first-order chi connectivity index (χ1) is 9.37. The van der Waals surface area contributed by atoms with E-state index in [1.165, 1.54) is 0 Å². The van der Waals surface area contributed by atoms with Gasteiger partial charge in [-0.05, 0) is 13.8 Å². The van der Waals surface area contributed by atoms with Crippen LogP contribution in [0.15, 0.2) is 5.16 Å². The number of Topliss-reactive ketones (excluding diaryl/α,β-unsaturated/α-hetero) is 1. The lowest BCUT2D eigenvalue weighted by Crippen LogP contribution is -2.24. The first kappa shape index (κ1) is 38.8. The highest BCUT2D eigenvalue weighted by atomic mass is 19.4. The number of aliphatic hydroxyl groups excluding tert-OH is 1. The smallest absolute Gasteiger partial charge is 0.411 e. The zero-order valence-electron chi connectivity index (χ0n) is 11.2. The fourth-order valence-electron chi connectivity index (χ4n) is 0.0567. The van der Waals surface area contributed by atoms with Gasteiger partial charge in [-0.2, -0.15) is 39.5 Å². The number of hydrogen-bond acceptors (Lipinski definition) is 4. The van der Waals surface area contributed by atoms with Crippen LogP contribution in [0.5, 0.6) is 0 Å². The molecule has 0 aromatic carbocycles. The molecule has 0 radical (unpaired) electrons. The maximum atomic E-state index is 11.2. The molecule has 0 aromatic rings. The Morgan fingerprint density at radius 1 is 0.840 bits per heavy atom. The Morgan fingerprint density at radius 3 is 1.04 bits per heavy atom. The highest BCUT2D eigenvalue weighted by molar-refractivity contribution is 5.86. The predicted molar refractivity (Wildman–Crippen MR) is 75.6 cm³/mol. The van der Waals surface area contributed by atoms with Gasteiger partial charge in [-0.25, -0.2) is 0 Å². The Bertz CT molecular complexity index is 358. The normalized spacial score (nSPS) is 12.4. The maximum Gasteiger partial charge on any atom is 0.449 e. The van der Waals surface area contributed by atoms with Gasteiger partial charge in [0.05, 0.1) is 0 Å². The van der Waals surface area contributed by atoms with E-state index in [0.29, 0.717) is 20.8 Å². The van der Waals surface area contributed by atoms with E-state index in [4.69, 9.17) is 10.3 Å². The number of aliphatic hydroxyl groups is 1. The average Bonchev–Trinajstić information content (AvgIpc) is 2.25. The second-order valence-electron chi connectivity index (χ2n) is 3.45. The molecule has 0 spiro atoms. The lowest BCUT2D eigenvalue weighted by molar-refractivity contribution is -0.197. The standard InChI is InChI=1S/C3H4F3NO.C3H5F3O.C3H3F3O.3CH4/c1-2(7-8)3(4,5)6;2*1-2(7)3(4,5)6;;;/h8H,1H3;2,7H,1H3;1H3;3*1H4/b7-2-;;;;;. The van der Waals surface area contributed by atoms with Crippen molar-refractivity contribution >= 4 is 11.5 Å². The molecular weight excluding hydrogens is 377 g/mol. The maximum absolute atomic E-state index is 11.2. The van der Waals surface area contributed by atoms with Crippen LogP contribution in [-0.4, -0.2) is 46.4 Å². The van der Waals surface area contributed by atoms with Gasteiger partial charge in [0, 0.05) is 6.92 Å². The van der Waals surface area contributed by atoms with E-state index in [1.54, 1.807) is 0 Å². The number of oxime groups is 1. The molecule has 158 valence electrons. The number of hydrogen-bond donors (Lipinski definition) is 2. The van der Waals surface area contributed by atoms with Gasteiger partial charge in [-0.1, -0.05) is 27.4 Å². The molecule has 0 saturated carbocycles. The van der Waals surface area contributed by atoms with E-state index < -0.39 is 36.1 Å². The van der Waals surface area contributed by atoms with Crippen molar-refractivity contribution in [1.29, 1.82) is 0 Å². The van der Waals surface area contributed by atoms with Crippen molar-refractivity contribution in [2.24, 2.45) is 5.16 Å². The van der Waals surface area contributed by atoms with Crippen LogP contribution in [0, 0.1) is 0 Å². The summed E-state index contributed by atoms with van der Waals surface area (Å²) in [6.45, 7) is 1.85. The minimum absolute atomic E-state index is 0. The van der Waals surface area contributed by atoms with Crippen molar-refractivity contribution in [3.63, 3.8) is 0 Å². The zero-order valence-corrected chi connectivity index (χ0v) is 11.2. The monoisotopic (exact) mass is 401 g/mol. The minimum Gasteiger partial charge on any atom is -0.411 e. The summed E-state index contributed by atoms with van der Waals surface area (Å²) in [4.78, 5) is 9.34. The largest absolute Gasteiger partial charge is 0.449 e. The summed E-state index contributed by atoms with van der Waals surface area (Å²) >= 11 is 0. The SMILES string of the molecule is C.C.C.C/C(=N/O)C(F)(F)F.CC(=O)C(F)(F)F.CC(O)C(F)(F)F. The first-order valence-electron chi connectivity index (χ1n) is 4.95. The summed E-state index contributed by atoms with van der Waals surface area (Å²) < 4.78 is 98.7. The number of nitrogens with zero attached hydrogens (tertiary/aromatic N) is 1. The molecule has 2 N–H and O–H groups in total. The average molecular weight is 401 g/mol. The number of carbonyl (C=O) groups excluding carboxylic acids is 1. The van der Waals surface area contributed by atoms with E-state index in [-0.39, 0.29) is 22.3 Å². The molecule has 1 atom stereocenters. The van der Waals surface area contributed by atoms with E-state index >= 15 is 0 Å². The van der Waals surface area contributed by atoms with Gasteiger partial charge in [0.1, 0.15) is 6.10 Å². The molecule has 0 bridgehead atoms. The molecule has 0 aliphatic heterocycles. The quantitative estimate of drug-likeness (QED) is 0.248. The molecule has 25 heavy (non-hydrogen) atoms. The van der Waals surface area contributed by atoms with Crippen molar-refractivity contribution < 1.29 is 54.6 Å². The van der Waals surface area contributed by atoms with Gasteiger partial charge in [0.15, 0.2) is 5.71 Å². The summed E-state index contributed by atoms with van der Waals surface area (Å²) in [6.07, 6.45) is -15.8. The Labute approximate surface area is 140 Å². The number of rotatable bonds is 0. The molecule has 0 saturated heterocycles. The highest BCUT2D eigenvalue weighted by Crippen LogP contribution is 2.18. The van der Waals surface area contributed by atoms with Crippen molar-refractivity contribution in [3.05, 3.63) is 0 Å². The van der Waals surface area contributed by atoms with Gasteiger partial charge in [-0.15, -0.1) is 0 Å². The predicted octanol–water partition coefficient (Wildman–Crippen LogP) is 5.37. The zero-order chi connectivity index (χ0) is 18.9. The Morgan fingerprint density at radius 2 is 1.04 bits per heavy atom. The van der Waals surface area contributed by atoms with Crippen molar-refractivity contribution in [2.75, 3.05) is 0 Å². The van der Waals surface area contributed by atoms with Gasteiger partial charge in [-0.3, -0.25) is 4.79 Å². The third-order valence-corrected chi connectivity index (χ3v) is 1.43.